The molecule has 1 aliphatic heterocycles. The molecule has 22 heavy (non-hydrogen) atoms. The van der Waals surface area contributed by atoms with Gasteiger partial charge < -0.3 is 10.4 Å². The van der Waals surface area contributed by atoms with Gasteiger partial charge in [0.25, 0.3) is 0 Å². The highest BCUT2D eigenvalue weighted by Crippen LogP contribution is 2.52. The quantitative estimate of drug-likeness (QED) is 0.776. The smallest absolute Gasteiger partial charge is 0.305 e. The van der Waals surface area contributed by atoms with Gasteiger partial charge in [0.15, 0.2) is 5.17 Å². The summed E-state index contributed by atoms with van der Waals surface area (Å²) in [5.74, 6) is 1.68. The summed E-state index contributed by atoms with van der Waals surface area (Å²) in [6.07, 6.45) is 6.21. The van der Waals surface area contributed by atoms with E-state index in [9.17, 15) is 9.59 Å². The topological polar surface area (TPSA) is 91.1 Å². The molecule has 118 valence electrons. The molecule has 4 bridgehead atoms. The SMILES string of the molecule is O=C(O)C[C@H]1S/C(=N\N=C2C3CC4CC(C3)CC2C4)NC1=O. The van der Waals surface area contributed by atoms with E-state index in [4.69, 9.17) is 5.11 Å². The van der Waals surface area contributed by atoms with Gasteiger partial charge in [-0.2, -0.15) is 5.10 Å². The predicted octanol–water partition coefficient (Wildman–Crippen LogP) is 1.86. The van der Waals surface area contributed by atoms with Crippen molar-refractivity contribution in [2.45, 2.75) is 43.8 Å². The van der Waals surface area contributed by atoms with Crippen LogP contribution in [0.5, 0.6) is 0 Å². The first kappa shape index (κ1) is 14.2. The molecular weight excluding hydrogens is 302 g/mol. The summed E-state index contributed by atoms with van der Waals surface area (Å²) in [4.78, 5) is 22.4. The van der Waals surface area contributed by atoms with Crippen molar-refractivity contribution in [3.8, 4) is 0 Å². The zero-order valence-corrected chi connectivity index (χ0v) is 13.0. The molecule has 5 aliphatic rings. The normalized spacial score (nSPS) is 41.1. The lowest BCUT2D eigenvalue weighted by Gasteiger charge is -2.50. The molecule has 1 atom stereocenters. The summed E-state index contributed by atoms with van der Waals surface area (Å²) in [5, 5.41) is 20.0. The molecule has 0 radical (unpaired) electrons. The van der Waals surface area contributed by atoms with Gasteiger partial charge in [-0.25, -0.2) is 0 Å². The van der Waals surface area contributed by atoms with Crippen LogP contribution in [-0.4, -0.2) is 33.1 Å². The molecule has 4 aliphatic carbocycles. The largest absolute Gasteiger partial charge is 0.481 e. The number of carbonyl (C=O) groups is 2. The number of hydrogen-bond acceptors (Lipinski definition) is 5. The number of nitrogens with zero attached hydrogens (tertiary/aromatic N) is 2. The standard InChI is InChI=1S/C15H19N3O3S/c19-12(20)6-11-14(21)16-15(22-11)18-17-13-9-2-7-1-8(4-9)5-10(13)3-7/h7-11H,1-6H2,(H,19,20)(H,16,18,21)/t7?,8?,9?,10?,11-/m1/s1. The molecule has 7 heteroatoms. The molecule has 6 nitrogen and oxygen atoms in total. The Morgan fingerprint density at radius 1 is 1.14 bits per heavy atom. The first-order chi connectivity index (χ1) is 10.6. The Hall–Kier alpha value is -1.37. The summed E-state index contributed by atoms with van der Waals surface area (Å²) in [5.41, 5.74) is 1.22. The Labute approximate surface area is 132 Å². The number of amides is 1. The molecule has 5 rings (SSSR count). The van der Waals surface area contributed by atoms with E-state index >= 15 is 0 Å². The number of carbonyl (C=O) groups excluding carboxylic acids is 1. The van der Waals surface area contributed by atoms with Gasteiger partial charge in [0.05, 0.1) is 6.42 Å². The third-order valence-corrected chi connectivity index (χ3v) is 6.44. The van der Waals surface area contributed by atoms with Gasteiger partial charge >= 0.3 is 5.97 Å². The van der Waals surface area contributed by atoms with Crippen molar-refractivity contribution in [1.29, 1.82) is 0 Å². The summed E-state index contributed by atoms with van der Waals surface area (Å²) < 4.78 is 0. The van der Waals surface area contributed by atoms with Crippen LogP contribution in [0.25, 0.3) is 0 Å². The number of aliphatic carboxylic acids is 1. The Morgan fingerprint density at radius 3 is 2.36 bits per heavy atom. The molecule has 0 aromatic rings. The monoisotopic (exact) mass is 321 g/mol. The van der Waals surface area contributed by atoms with Gasteiger partial charge in [-0.3, -0.25) is 9.59 Å². The molecule has 0 spiro atoms. The first-order valence-corrected chi connectivity index (χ1v) is 8.81. The van der Waals surface area contributed by atoms with Crippen molar-refractivity contribution in [3.63, 3.8) is 0 Å². The molecule has 0 aromatic heterocycles. The Morgan fingerprint density at radius 2 is 1.77 bits per heavy atom. The van der Waals surface area contributed by atoms with Gasteiger partial charge in [0.2, 0.25) is 5.91 Å². The number of nitrogens with one attached hydrogen (secondary N) is 1. The molecule has 0 aromatic carbocycles. The summed E-state index contributed by atoms with van der Waals surface area (Å²) in [6.45, 7) is 0. The van der Waals surface area contributed by atoms with E-state index in [0.717, 1.165) is 11.8 Å². The van der Waals surface area contributed by atoms with Crippen LogP contribution >= 0.6 is 11.8 Å². The van der Waals surface area contributed by atoms with E-state index in [2.05, 4.69) is 15.5 Å². The van der Waals surface area contributed by atoms with Crippen LogP contribution < -0.4 is 5.32 Å². The second kappa shape index (κ2) is 5.37. The van der Waals surface area contributed by atoms with Crippen LogP contribution in [-0.2, 0) is 9.59 Å². The van der Waals surface area contributed by atoms with E-state index in [-0.39, 0.29) is 12.3 Å². The minimum atomic E-state index is -0.971. The van der Waals surface area contributed by atoms with Crippen molar-refractivity contribution >= 4 is 34.5 Å². The number of carboxylic acid groups (broad SMARTS) is 1. The summed E-state index contributed by atoms with van der Waals surface area (Å²) in [7, 11) is 0. The lowest BCUT2D eigenvalue weighted by Crippen LogP contribution is -2.45. The van der Waals surface area contributed by atoms with Crippen LogP contribution in [0.15, 0.2) is 10.2 Å². The lowest BCUT2D eigenvalue weighted by molar-refractivity contribution is -0.138. The van der Waals surface area contributed by atoms with E-state index in [1.165, 1.54) is 49.6 Å². The number of rotatable bonds is 3. The van der Waals surface area contributed by atoms with Crippen LogP contribution in [0, 0.1) is 23.7 Å². The fraction of sp³-hybridized carbons (Fsp3) is 0.733. The van der Waals surface area contributed by atoms with Gasteiger partial charge in [-0.1, -0.05) is 11.8 Å². The molecule has 1 amide bonds. The molecule has 1 saturated heterocycles. The number of carboxylic acids is 1. The van der Waals surface area contributed by atoms with Crippen LogP contribution in [0.4, 0.5) is 0 Å². The Bertz CT molecular complexity index is 557. The second-order valence-electron chi connectivity index (χ2n) is 6.93. The fourth-order valence-electron chi connectivity index (χ4n) is 4.68. The van der Waals surface area contributed by atoms with E-state index in [0.29, 0.717) is 17.0 Å². The number of thioether (sulfide) groups is 1. The predicted molar refractivity (Wildman–Crippen MR) is 83.7 cm³/mol. The maximum absolute atomic E-state index is 11.7. The van der Waals surface area contributed by atoms with Gasteiger partial charge in [0.1, 0.15) is 5.25 Å². The third-order valence-electron chi connectivity index (χ3n) is 5.37. The van der Waals surface area contributed by atoms with Crippen molar-refractivity contribution in [1.82, 2.24) is 5.32 Å². The minimum Gasteiger partial charge on any atom is -0.481 e. The molecule has 1 heterocycles. The van der Waals surface area contributed by atoms with E-state index < -0.39 is 11.2 Å². The molecule has 5 fully saturated rings. The van der Waals surface area contributed by atoms with Crippen LogP contribution in [0.2, 0.25) is 0 Å². The van der Waals surface area contributed by atoms with Crippen LogP contribution in [0.1, 0.15) is 38.5 Å². The highest BCUT2D eigenvalue weighted by atomic mass is 32.2. The minimum absolute atomic E-state index is 0.180. The summed E-state index contributed by atoms with van der Waals surface area (Å²) in [6, 6.07) is 0. The average molecular weight is 321 g/mol. The third kappa shape index (κ3) is 2.55. The number of hydrogen-bond donors (Lipinski definition) is 2. The van der Waals surface area contributed by atoms with Crippen LogP contribution in [0.3, 0.4) is 0 Å². The molecular formula is C15H19N3O3S. The lowest BCUT2D eigenvalue weighted by atomic mass is 9.55. The highest BCUT2D eigenvalue weighted by Gasteiger charge is 2.46. The van der Waals surface area contributed by atoms with Gasteiger partial charge in [-0.05, 0) is 55.8 Å². The fourth-order valence-corrected chi connectivity index (χ4v) is 5.59. The zero-order chi connectivity index (χ0) is 15.3. The molecule has 0 unspecified atom stereocenters. The Kier molecular flexibility index (Phi) is 3.47. The maximum Gasteiger partial charge on any atom is 0.305 e. The average Bonchev–Trinajstić information content (AvgIpc) is 2.77. The second-order valence-corrected chi connectivity index (χ2v) is 8.12. The Balaban J connectivity index is 1.47. The molecule has 2 N–H and O–H groups in total. The van der Waals surface area contributed by atoms with Crippen molar-refractivity contribution < 1.29 is 14.7 Å². The van der Waals surface area contributed by atoms with Crippen molar-refractivity contribution in [2.75, 3.05) is 0 Å². The zero-order valence-electron chi connectivity index (χ0n) is 12.2. The highest BCUT2D eigenvalue weighted by molar-refractivity contribution is 8.15. The summed E-state index contributed by atoms with van der Waals surface area (Å²) >= 11 is 1.17. The van der Waals surface area contributed by atoms with Gasteiger partial charge in [0, 0.05) is 5.71 Å². The van der Waals surface area contributed by atoms with E-state index in [1.54, 1.807) is 0 Å². The van der Waals surface area contributed by atoms with Gasteiger partial charge in [-0.15, -0.1) is 5.10 Å². The number of amidine groups is 1. The maximum atomic E-state index is 11.7. The van der Waals surface area contributed by atoms with E-state index in [1.807, 2.05) is 0 Å². The first-order valence-electron chi connectivity index (χ1n) is 7.93. The molecule has 4 saturated carbocycles. The van der Waals surface area contributed by atoms with Crippen molar-refractivity contribution in [2.24, 2.45) is 33.9 Å². The van der Waals surface area contributed by atoms with Crippen molar-refractivity contribution in [3.05, 3.63) is 0 Å².